The van der Waals surface area contributed by atoms with E-state index in [2.05, 4.69) is 38.5 Å². The number of allylic oxidation sites excluding steroid dienone is 1. The Morgan fingerprint density at radius 1 is 1.21 bits per heavy atom. The fourth-order valence-electron chi connectivity index (χ4n) is 3.13. The van der Waals surface area contributed by atoms with Crippen LogP contribution in [0.25, 0.3) is 0 Å². The maximum atomic E-state index is 13.0. The van der Waals surface area contributed by atoms with Crippen molar-refractivity contribution < 1.29 is 14.3 Å². The van der Waals surface area contributed by atoms with Crippen LogP contribution in [0.4, 0.5) is 4.79 Å². The molecule has 6 nitrogen and oxygen atoms in total. The Labute approximate surface area is 177 Å². The molecule has 0 saturated heterocycles. The van der Waals surface area contributed by atoms with Crippen LogP contribution in [0.2, 0.25) is 0 Å². The van der Waals surface area contributed by atoms with Crippen LogP contribution in [-0.4, -0.2) is 18.5 Å². The Bertz CT molecular complexity index is 912. The van der Waals surface area contributed by atoms with Crippen molar-refractivity contribution in [2.75, 3.05) is 6.61 Å². The number of halogens is 1. The number of rotatable bonds is 6. The van der Waals surface area contributed by atoms with Gasteiger partial charge in [0.15, 0.2) is 0 Å². The normalized spacial score (nSPS) is 16.2. The molecule has 3 rings (SSSR count). The first-order chi connectivity index (χ1) is 13.5. The van der Waals surface area contributed by atoms with Gasteiger partial charge in [0.2, 0.25) is 0 Å². The Kier molecular flexibility index (Phi) is 6.56. The molecule has 7 heteroatoms. The number of nitrogens with one attached hydrogen (secondary N) is 3. The molecule has 1 aliphatic rings. The summed E-state index contributed by atoms with van der Waals surface area (Å²) in [5.74, 6) is 0.413. The van der Waals surface area contributed by atoms with Gasteiger partial charge < -0.3 is 20.7 Å². The first-order valence-electron chi connectivity index (χ1n) is 9.02. The number of amides is 3. The quantitative estimate of drug-likeness (QED) is 0.541. The molecule has 1 aliphatic heterocycles. The summed E-state index contributed by atoms with van der Waals surface area (Å²) in [7, 11) is 0. The third kappa shape index (κ3) is 4.64. The van der Waals surface area contributed by atoms with Gasteiger partial charge in [-0.2, -0.15) is 0 Å². The van der Waals surface area contributed by atoms with Gasteiger partial charge in [-0.15, -0.1) is 0 Å². The molecular formula is C21H22IN3O3. The molecule has 0 saturated carbocycles. The monoisotopic (exact) mass is 491 g/mol. The first-order valence-corrected chi connectivity index (χ1v) is 10.1. The SMILES string of the molecule is CCOc1ccc(I)cc1[C@H]1NC(=O)NC(C)=C1C(=O)NCc1ccccc1. The lowest BCUT2D eigenvalue weighted by Crippen LogP contribution is -2.47. The molecular weight excluding hydrogens is 469 g/mol. The molecule has 146 valence electrons. The fraction of sp³-hybridized carbons (Fsp3) is 0.238. The molecule has 3 N–H and O–H groups in total. The number of hydrogen-bond acceptors (Lipinski definition) is 3. The minimum absolute atomic E-state index is 0.236. The van der Waals surface area contributed by atoms with Crippen LogP contribution in [0, 0.1) is 3.57 Å². The predicted octanol–water partition coefficient (Wildman–Crippen LogP) is 3.63. The summed E-state index contributed by atoms with van der Waals surface area (Å²) in [6.45, 7) is 4.53. The molecule has 0 aliphatic carbocycles. The van der Waals surface area contributed by atoms with E-state index < -0.39 is 6.04 Å². The van der Waals surface area contributed by atoms with E-state index in [0.717, 1.165) is 14.7 Å². The maximum absolute atomic E-state index is 13.0. The number of benzene rings is 2. The number of ether oxygens (including phenoxy) is 1. The molecule has 1 atom stereocenters. The molecule has 0 aromatic heterocycles. The van der Waals surface area contributed by atoms with Gasteiger partial charge in [-0.1, -0.05) is 30.3 Å². The standard InChI is InChI=1S/C21H22IN3O3/c1-3-28-17-10-9-15(22)11-16(17)19-18(13(2)24-21(27)25-19)20(26)23-12-14-7-5-4-6-8-14/h4-11,19H,3,12H2,1-2H3,(H,23,26)(H2,24,25,27)/t19-/m1/s1. The van der Waals surface area contributed by atoms with Crippen molar-refractivity contribution >= 4 is 34.5 Å². The first kappa shape index (κ1) is 20.2. The predicted molar refractivity (Wildman–Crippen MR) is 116 cm³/mol. The van der Waals surface area contributed by atoms with E-state index in [0.29, 0.717) is 30.2 Å². The summed E-state index contributed by atoms with van der Waals surface area (Å²) >= 11 is 2.21. The van der Waals surface area contributed by atoms with Gasteiger partial charge in [0.1, 0.15) is 5.75 Å². The van der Waals surface area contributed by atoms with Crippen LogP contribution >= 0.6 is 22.6 Å². The largest absolute Gasteiger partial charge is 0.494 e. The van der Waals surface area contributed by atoms with Gasteiger partial charge in [0.05, 0.1) is 18.2 Å². The lowest BCUT2D eigenvalue weighted by Gasteiger charge is -2.30. The molecule has 0 fully saturated rings. The van der Waals surface area contributed by atoms with Crippen LogP contribution in [0.15, 0.2) is 59.8 Å². The molecule has 2 aromatic rings. The van der Waals surface area contributed by atoms with Crippen LogP contribution in [-0.2, 0) is 11.3 Å². The van der Waals surface area contributed by atoms with Gasteiger partial charge in [0.25, 0.3) is 5.91 Å². The molecule has 1 heterocycles. The van der Waals surface area contributed by atoms with Gasteiger partial charge >= 0.3 is 6.03 Å². The number of urea groups is 1. The van der Waals surface area contributed by atoms with Gasteiger partial charge in [-0.25, -0.2) is 4.79 Å². The van der Waals surface area contributed by atoms with Crippen LogP contribution in [0.1, 0.15) is 31.0 Å². The third-order valence-corrected chi connectivity index (χ3v) is 5.06. The highest BCUT2D eigenvalue weighted by molar-refractivity contribution is 14.1. The number of carbonyl (C=O) groups is 2. The summed E-state index contributed by atoms with van der Waals surface area (Å²) in [5, 5.41) is 8.52. The van der Waals surface area contributed by atoms with Gasteiger partial charge in [0, 0.05) is 21.4 Å². The zero-order valence-electron chi connectivity index (χ0n) is 15.7. The van der Waals surface area contributed by atoms with E-state index in [1.807, 2.05) is 55.5 Å². The zero-order chi connectivity index (χ0) is 20.1. The van der Waals surface area contributed by atoms with Gasteiger partial charge in [-0.3, -0.25) is 4.79 Å². The van der Waals surface area contributed by atoms with E-state index in [1.54, 1.807) is 6.92 Å². The Morgan fingerprint density at radius 3 is 2.68 bits per heavy atom. The topological polar surface area (TPSA) is 79.5 Å². The van der Waals surface area contributed by atoms with Crippen molar-refractivity contribution in [2.24, 2.45) is 0 Å². The molecule has 0 radical (unpaired) electrons. The second kappa shape index (κ2) is 9.09. The average Bonchev–Trinajstić information content (AvgIpc) is 2.68. The minimum atomic E-state index is -0.596. The second-order valence-corrected chi connectivity index (χ2v) is 7.60. The number of hydrogen-bond donors (Lipinski definition) is 3. The molecule has 0 bridgehead atoms. The average molecular weight is 491 g/mol. The van der Waals surface area contributed by atoms with Crippen molar-refractivity contribution in [1.29, 1.82) is 0 Å². The van der Waals surface area contributed by atoms with Crippen LogP contribution < -0.4 is 20.7 Å². The summed E-state index contributed by atoms with van der Waals surface area (Å²) in [6, 6.07) is 14.5. The lowest BCUT2D eigenvalue weighted by atomic mass is 9.94. The second-order valence-electron chi connectivity index (χ2n) is 6.35. The molecule has 0 spiro atoms. The van der Waals surface area contributed by atoms with E-state index in [9.17, 15) is 9.59 Å². The maximum Gasteiger partial charge on any atom is 0.319 e. The van der Waals surface area contributed by atoms with E-state index in [1.165, 1.54) is 0 Å². The van der Waals surface area contributed by atoms with Crippen molar-refractivity contribution in [3.05, 3.63) is 74.5 Å². The summed E-state index contributed by atoms with van der Waals surface area (Å²) in [5.41, 5.74) is 2.76. The molecule has 2 aromatic carbocycles. The smallest absolute Gasteiger partial charge is 0.319 e. The molecule has 0 unspecified atom stereocenters. The Morgan fingerprint density at radius 2 is 1.96 bits per heavy atom. The Hall–Kier alpha value is -2.55. The van der Waals surface area contributed by atoms with Crippen molar-refractivity contribution in [2.45, 2.75) is 26.4 Å². The summed E-state index contributed by atoms with van der Waals surface area (Å²) in [6.07, 6.45) is 0. The molecule has 3 amide bonds. The van der Waals surface area contributed by atoms with Crippen LogP contribution in [0.5, 0.6) is 5.75 Å². The lowest BCUT2D eigenvalue weighted by molar-refractivity contribution is -0.118. The number of carbonyl (C=O) groups excluding carboxylic acids is 2. The van der Waals surface area contributed by atoms with E-state index in [-0.39, 0.29) is 11.9 Å². The third-order valence-electron chi connectivity index (χ3n) is 4.39. The van der Waals surface area contributed by atoms with Gasteiger partial charge in [-0.05, 0) is 60.2 Å². The van der Waals surface area contributed by atoms with E-state index in [4.69, 9.17) is 4.74 Å². The van der Waals surface area contributed by atoms with Crippen molar-refractivity contribution in [1.82, 2.24) is 16.0 Å². The van der Waals surface area contributed by atoms with Crippen molar-refractivity contribution in [3.8, 4) is 5.75 Å². The van der Waals surface area contributed by atoms with Crippen LogP contribution in [0.3, 0.4) is 0 Å². The Balaban J connectivity index is 1.93. The van der Waals surface area contributed by atoms with E-state index >= 15 is 0 Å². The highest BCUT2D eigenvalue weighted by Gasteiger charge is 2.33. The fourth-order valence-corrected chi connectivity index (χ4v) is 3.65. The minimum Gasteiger partial charge on any atom is -0.494 e. The summed E-state index contributed by atoms with van der Waals surface area (Å²) in [4.78, 5) is 25.2. The zero-order valence-corrected chi connectivity index (χ0v) is 17.9. The molecule has 28 heavy (non-hydrogen) atoms. The van der Waals surface area contributed by atoms with Crippen molar-refractivity contribution in [3.63, 3.8) is 0 Å². The highest BCUT2D eigenvalue weighted by Crippen LogP contribution is 2.34. The summed E-state index contributed by atoms with van der Waals surface area (Å²) < 4.78 is 6.73. The highest BCUT2D eigenvalue weighted by atomic mass is 127.